The summed E-state index contributed by atoms with van der Waals surface area (Å²) in [6, 6.07) is 7.06. The minimum Gasteiger partial charge on any atom is -0.507 e. The lowest BCUT2D eigenvalue weighted by Crippen LogP contribution is -2.60. The van der Waals surface area contributed by atoms with Gasteiger partial charge in [-0.15, -0.1) is 0 Å². The van der Waals surface area contributed by atoms with Gasteiger partial charge in [0.15, 0.2) is 5.78 Å². The Hall–Kier alpha value is -2.93. The van der Waals surface area contributed by atoms with E-state index in [2.05, 4.69) is 0 Å². The number of benzene rings is 2. The second kappa shape index (κ2) is 10.6. The summed E-state index contributed by atoms with van der Waals surface area (Å²) < 4.78 is 27.9. The zero-order valence-electron chi connectivity index (χ0n) is 20.1. The van der Waals surface area contributed by atoms with Gasteiger partial charge in [-0.2, -0.15) is 0 Å². The molecule has 196 valence electrons. The molecule has 5 N–H and O–H groups in total. The second-order valence-corrected chi connectivity index (χ2v) is 8.74. The highest BCUT2D eigenvalue weighted by atomic mass is 16.7. The molecule has 0 saturated carbocycles. The van der Waals surface area contributed by atoms with Crippen molar-refractivity contribution < 1.29 is 54.0 Å². The standard InChI is InChI=1S/C25H30O11/c1-11-23(36-25-22(31)21(30)20(29)17(9-26)35-25)14(10-32-2)19(28)18-15(27)8-16(34-24(11)18)12-4-6-13(33-3)7-5-12/h4-7,16-17,20-22,25-26,28-31H,8-10H2,1-3H3/t16-,17+,20+,21-,22+,25-/m0/s1. The van der Waals surface area contributed by atoms with E-state index in [4.69, 9.17) is 23.7 Å². The van der Waals surface area contributed by atoms with Crippen molar-refractivity contribution in [3.8, 4) is 23.0 Å². The van der Waals surface area contributed by atoms with Gasteiger partial charge in [0.2, 0.25) is 6.29 Å². The van der Waals surface area contributed by atoms with Crippen molar-refractivity contribution in [1.82, 2.24) is 0 Å². The summed E-state index contributed by atoms with van der Waals surface area (Å²) in [4.78, 5) is 13.1. The SMILES string of the molecule is COCc1c(O)c2c(c(C)c1O[C@@H]1O[C@H](CO)[C@@H](O)[C@H](O)[C@H]1O)O[C@H](c1ccc(OC)cc1)CC2=O. The number of carbonyl (C=O) groups is 1. The first-order valence-electron chi connectivity index (χ1n) is 11.4. The van der Waals surface area contributed by atoms with Crippen LogP contribution < -0.4 is 14.2 Å². The average molecular weight is 507 g/mol. The predicted molar refractivity (Wildman–Crippen MR) is 123 cm³/mol. The van der Waals surface area contributed by atoms with Crippen molar-refractivity contribution in [3.63, 3.8) is 0 Å². The molecule has 2 aliphatic rings. The third kappa shape index (κ3) is 4.61. The van der Waals surface area contributed by atoms with Gasteiger partial charge in [-0.3, -0.25) is 4.79 Å². The molecule has 2 aromatic rings. The summed E-state index contributed by atoms with van der Waals surface area (Å²) in [5.41, 5.74) is 1.17. The molecule has 0 aromatic heterocycles. The number of carbonyl (C=O) groups excluding carboxylic acids is 1. The molecule has 0 unspecified atom stereocenters. The third-order valence-corrected chi connectivity index (χ3v) is 6.47. The first-order chi connectivity index (χ1) is 17.2. The molecule has 6 atom stereocenters. The van der Waals surface area contributed by atoms with E-state index in [-0.39, 0.29) is 41.4 Å². The maximum Gasteiger partial charge on any atom is 0.229 e. The highest BCUT2D eigenvalue weighted by Gasteiger charge is 2.45. The summed E-state index contributed by atoms with van der Waals surface area (Å²) >= 11 is 0. The number of phenols is 1. The fourth-order valence-electron chi connectivity index (χ4n) is 4.47. The minimum atomic E-state index is -1.68. The van der Waals surface area contributed by atoms with Gasteiger partial charge in [-0.25, -0.2) is 0 Å². The number of methoxy groups -OCH3 is 2. The quantitative estimate of drug-likeness (QED) is 0.360. The van der Waals surface area contributed by atoms with Crippen LogP contribution in [-0.2, 0) is 16.1 Å². The van der Waals surface area contributed by atoms with Crippen LogP contribution in [0.15, 0.2) is 24.3 Å². The summed E-state index contributed by atoms with van der Waals surface area (Å²) in [6.45, 7) is 0.827. The molecule has 36 heavy (non-hydrogen) atoms. The van der Waals surface area contributed by atoms with E-state index in [1.807, 2.05) is 0 Å². The van der Waals surface area contributed by atoms with Crippen LogP contribution in [0.3, 0.4) is 0 Å². The van der Waals surface area contributed by atoms with E-state index in [1.54, 1.807) is 38.3 Å². The van der Waals surface area contributed by atoms with Crippen LogP contribution in [0.5, 0.6) is 23.0 Å². The van der Waals surface area contributed by atoms with Crippen LogP contribution >= 0.6 is 0 Å². The summed E-state index contributed by atoms with van der Waals surface area (Å²) in [7, 11) is 2.94. The molecular formula is C25H30O11. The van der Waals surface area contributed by atoms with Crippen molar-refractivity contribution in [2.45, 2.75) is 56.8 Å². The Labute approximate surface area is 207 Å². The van der Waals surface area contributed by atoms with E-state index in [0.717, 1.165) is 5.56 Å². The molecule has 0 aliphatic carbocycles. The van der Waals surface area contributed by atoms with Gasteiger partial charge in [0, 0.05) is 12.7 Å². The van der Waals surface area contributed by atoms with Gasteiger partial charge >= 0.3 is 0 Å². The molecule has 2 aromatic carbocycles. The zero-order valence-corrected chi connectivity index (χ0v) is 20.1. The number of ketones is 1. The Kier molecular flexibility index (Phi) is 7.69. The van der Waals surface area contributed by atoms with Crippen molar-refractivity contribution in [1.29, 1.82) is 0 Å². The van der Waals surface area contributed by atoms with Gasteiger partial charge in [-0.05, 0) is 24.6 Å². The molecule has 11 nitrogen and oxygen atoms in total. The lowest BCUT2D eigenvalue weighted by atomic mass is 9.91. The Morgan fingerprint density at radius 1 is 1.06 bits per heavy atom. The van der Waals surface area contributed by atoms with Crippen molar-refractivity contribution >= 4 is 5.78 Å². The lowest BCUT2D eigenvalue weighted by Gasteiger charge is -2.40. The first kappa shape index (κ1) is 26.1. The molecule has 2 aliphatic heterocycles. The summed E-state index contributed by atoms with van der Waals surface area (Å²) in [5, 5.41) is 51.2. The second-order valence-electron chi connectivity index (χ2n) is 8.74. The fourth-order valence-corrected chi connectivity index (χ4v) is 4.47. The van der Waals surface area contributed by atoms with Gasteiger partial charge in [-0.1, -0.05) is 12.1 Å². The van der Waals surface area contributed by atoms with Gasteiger partial charge in [0.25, 0.3) is 0 Å². The lowest BCUT2D eigenvalue weighted by molar-refractivity contribution is -0.277. The van der Waals surface area contributed by atoms with Crippen molar-refractivity contribution in [2.24, 2.45) is 0 Å². The summed E-state index contributed by atoms with van der Waals surface area (Å²) in [6.07, 6.45) is -8.24. The molecule has 2 heterocycles. The molecule has 0 bridgehead atoms. The zero-order chi connectivity index (χ0) is 26.1. The number of aliphatic hydroxyl groups excluding tert-OH is 4. The molecule has 0 spiro atoms. The average Bonchev–Trinajstić information content (AvgIpc) is 2.88. The van der Waals surface area contributed by atoms with Gasteiger partial charge < -0.3 is 49.2 Å². The maximum absolute atomic E-state index is 13.1. The predicted octanol–water partition coefficient (Wildman–Crippen LogP) is 0.741. The number of rotatable bonds is 7. The van der Waals surface area contributed by atoms with Gasteiger partial charge in [0.1, 0.15) is 59.1 Å². The molecule has 11 heteroatoms. The first-order valence-corrected chi connectivity index (χ1v) is 11.4. The van der Waals surface area contributed by atoms with Gasteiger partial charge in [0.05, 0.1) is 32.3 Å². The Bertz CT molecular complexity index is 1100. The minimum absolute atomic E-state index is 0.00827. The van der Waals surface area contributed by atoms with E-state index < -0.39 is 49.2 Å². The highest BCUT2D eigenvalue weighted by molar-refractivity contribution is 6.04. The number of hydrogen-bond acceptors (Lipinski definition) is 11. The number of aromatic hydroxyl groups is 1. The number of ether oxygens (including phenoxy) is 5. The maximum atomic E-state index is 13.1. The Morgan fingerprint density at radius 2 is 1.75 bits per heavy atom. The van der Waals surface area contributed by atoms with Crippen LogP contribution in [0.25, 0.3) is 0 Å². The van der Waals surface area contributed by atoms with Crippen molar-refractivity contribution in [2.75, 3.05) is 20.8 Å². The molecule has 0 amide bonds. The third-order valence-electron chi connectivity index (χ3n) is 6.47. The van der Waals surface area contributed by atoms with Crippen LogP contribution in [0.2, 0.25) is 0 Å². The number of fused-ring (bicyclic) bond motifs is 1. The smallest absolute Gasteiger partial charge is 0.229 e. The van der Waals surface area contributed by atoms with Crippen LogP contribution in [0, 0.1) is 6.92 Å². The van der Waals surface area contributed by atoms with E-state index in [0.29, 0.717) is 11.3 Å². The van der Waals surface area contributed by atoms with E-state index in [9.17, 15) is 30.3 Å². The molecule has 1 fully saturated rings. The van der Waals surface area contributed by atoms with Crippen molar-refractivity contribution in [3.05, 3.63) is 46.5 Å². The van der Waals surface area contributed by atoms with Crippen LogP contribution in [0.1, 0.15) is 39.6 Å². The summed E-state index contributed by atoms with van der Waals surface area (Å²) in [5.74, 6) is 0.0313. The normalized spacial score (nSPS) is 27.8. The van der Waals surface area contributed by atoms with Crippen LogP contribution in [0.4, 0.5) is 0 Å². The fraction of sp³-hybridized carbons (Fsp3) is 0.480. The number of phenolic OH excluding ortho intramolecular Hbond substituents is 1. The van der Waals surface area contributed by atoms with E-state index in [1.165, 1.54) is 7.11 Å². The Balaban J connectivity index is 1.74. The van der Waals surface area contributed by atoms with Crippen LogP contribution in [-0.4, -0.2) is 82.8 Å². The highest BCUT2D eigenvalue weighted by Crippen LogP contribution is 2.49. The largest absolute Gasteiger partial charge is 0.507 e. The molecule has 0 radical (unpaired) electrons. The molecule has 1 saturated heterocycles. The molecular weight excluding hydrogens is 476 g/mol. The number of hydrogen-bond donors (Lipinski definition) is 5. The molecule has 4 rings (SSSR count). The monoisotopic (exact) mass is 506 g/mol. The number of aliphatic hydroxyl groups is 4. The Morgan fingerprint density at radius 3 is 2.36 bits per heavy atom. The topological polar surface area (TPSA) is 164 Å². The van der Waals surface area contributed by atoms with E-state index >= 15 is 0 Å². The number of Topliss-reactive ketones (excluding diaryl/α,β-unsaturated/α-hetero) is 1.